The van der Waals surface area contributed by atoms with Gasteiger partial charge in [0, 0.05) is 48.5 Å². The van der Waals surface area contributed by atoms with E-state index in [0.717, 1.165) is 34.3 Å². The molecule has 0 spiro atoms. The molecule has 0 saturated carbocycles. The van der Waals surface area contributed by atoms with Gasteiger partial charge in [-0.2, -0.15) is 5.10 Å². The van der Waals surface area contributed by atoms with E-state index in [2.05, 4.69) is 20.0 Å². The molecule has 1 aliphatic rings. The van der Waals surface area contributed by atoms with Crippen LogP contribution in [0.4, 0.5) is 4.39 Å². The Morgan fingerprint density at radius 3 is 2.81 bits per heavy atom. The lowest BCUT2D eigenvalue weighted by molar-refractivity contribution is 0.219. The fourth-order valence-corrected chi connectivity index (χ4v) is 4.05. The van der Waals surface area contributed by atoms with Gasteiger partial charge in [-0.25, -0.2) is 19.0 Å². The molecule has 2 aromatic carbocycles. The number of benzene rings is 2. The van der Waals surface area contributed by atoms with E-state index >= 15 is 0 Å². The van der Waals surface area contributed by atoms with Crippen LogP contribution in [0.15, 0.2) is 48.9 Å². The first-order chi connectivity index (χ1) is 15.1. The lowest BCUT2D eigenvalue weighted by Gasteiger charge is -2.19. The summed E-state index contributed by atoms with van der Waals surface area (Å²) in [6, 6.07) is 8.78. The Morgan fingerprint density at radius 2 is 2.00 bits per heavy atom. The number of rotatable bonds is 4. The van der Waals surface area contributed by atoms with Crippen molar-refractivity contribution in [1.29, 1.82) is 0 Å². The summed E-state index contributed by atoms with van der Waals surface area (Å²) in [5, 5.41) is 5.68. The quantitative estimate of drug-likeness (QED) is 0.478. The monoisotopic (exact) mass is 439 g/mol. The molecule has 0 N–H and O–H groups in total. The van der Waals surface area contributed by atoms with E-state index in [1.165, 1.54) is 12.1 Å². The van der Waals surface area contributed by atoms with Crippen molar-refractivity contribution in [3.63, 3.8) is 0 Å². The SMILES string of the molecule is COc1ncc(CN2CCOc3c(Cl)cc(-n4ncc5cc(F)ccc54)cc3C2)cn1. The molecule has 9 heteroatoms. The van der Waals surface area contributed by atoms with Crippen molar-refractivity contribution in [3.05, 3.63) is 70.9 Å². The second-order valence-electron chi connectivity index (χ2n) is 7.31. The zero-order valence-electron chi connectivity index (χ0n) is 16.8. The van der Waals surface area contributed by atoms with Crippen molar-refractivity contribution in [3.8, 4) is 17.4 Å². The third-order valence-electron chi connectivity index (χ3n) is 5.20. The number of nitrogens with zero attached hydrogens (tertiary/aromatic N) is 5. The van der Waals surface area contributed by atoms with Crippen LogP contribution in [0.1, 0.15) is 11.1 Å². The number of halogens is 2. The Labute approximate surface area is 183 Å². The average molecular weight is 440 g/mol. The summed E-state index contributed by atoms with van der Waals surface area (Å²) in [5.41, 5.74) is 3.54. The zero-order chi connectivity index (χ0) is 21.4. The summed E-state index contributed by atoms with van der Waals surface area (Å²) in [7, 11) is 1.54. The molecule has 31 heavy (non-hydrogen) atoms. The smallest absolute Gasteiger partial charge is 0.316 e. The van der Waals surface area contributed by atoms with E-state index in [0.29, 0.717) is 36.5 Å². The topological polar surface area (TPSA) is 65.3 Å². The summed E-state index contributed by atoms with van der Waals surface area (Å²) >= 11 is 6.58. The third kappa shape index (κ3) is 3.92. The first-order valence-electron chi connectivity index (χ1n) is 9.77. The Balaban J connectivity index is 1.46. The molecule has 0 radical (unpaired) electrons. The van der Waals surface area contributed by atoms with Crippen LogP contribution < -0.4 is 9.47 Å². The number of fused-ring (bicyclic) bond motifs is 2. The van der Waals surface area contributed by atoms with Gasteiger partial charge in [-0.1, -0.05) is 11.6 Å². The molecule has 0 saturated heterocycles. The number of aromatic nitrogens is 4. The first-order valence-corrected chi connectivity index (χ1v) is 10.1. The lowest BCUT2D eigenvalue weighted by atomic mass is 10.1. The molecular formula is C22H19ClFN5O2. The molecule has 4 aromatic rings. The minimum atomic E-state index is -0.293. The number of ether oxygens (including phenoxy) is 2. The van der Waals surface area contributed by atoms with Gasteiger partial charge in [0.15, 0.2) is 0 Å². The number of hydrogen-bond acceptors (Lipinski definition) is 6. The molecule has 0 atom stereocenters. The number of methoxy groups -OCH3 is 1. The van der Waals surface area contributed by atoms with Crippen molar-refractivity contribution in [2.75, 3.05) is 20.3 Å². The van der Waals surface area contributed by atoms with E-state index in [9.17, 15) is 4.39 Å². The molecule has 0 amide bonds. The molecule has 5 rings (SSSR count). The average Bonchev–Trinajstić information content (AvgIpc) is 3.07. The largest absolute Gasteiger partial charge is 0.490 e. The van der Waals surface area contributed by atoms with Gasteiger partial charge in [0.05, 0.1) is 29.5 Å². The second kappa shape index (κ2) is 8.13. The molecule has 158 valence electrons. The van der Waals surface area contributed by atoms with Crippen LogP contribution in [0.2, 0.25) is 5.02 Å². The molecular weight excluding hydrogens is 421 g/mol. The zero-order valence-corrected chi connectivity index (χ0v) is 17.5. The summed E-state index contributed by atoms with van der Waals surface area (Å²) in [4.78, 5) is 10.6. The summed E-state index contributed by atoms with van der Waals surface area (Å²) in [6.07, 6.45) is 5.16. The molecule has 3 heterocycles. The van der Waals surface area contributed by atoms with E-state index in [4.69, 9.17) is 21.1 Å². The van der Waals surface area contributed by atoms with Gasteiger partial charge in [0.1, 0.15) is 18.2 Å². The van der Waals surface area contributed by atoms with Crippen LogP contribution in [-0.4, -0.2) is 44.9 Å². The van der Waals surface area contributed by atoms with Gasteiger partial charge < -0.3 is 9.47 Å². The Kier molecular flexibility index (Phi) is 5.17. The van der Waals surface area contributed by atoms with E-state index in [-0.39, 0.29) is 5.82 Å². The maximum atomic E-state index is 13.6. The van der Waals surface area contributed by atoms with Gasteiger partial charge in [-0.05, 0) is 30.3 Å². The highest BCUT2D eigenvalue weighted by Crippen LogP contribution is 2.35. The highest BCUT2D eigenvalue weighted by Gasteiger charge is 2.20. The van der Waals surface area contributed by atoms with Crippen LogP contribution in [0, 0.1) is 5.82 Å². The normalized spacial score (nSPS) is 14.2. The van der Waals surface area contributed by atoms with Crippen molar-refractivity contribution in [2.24, 2.45) is 0 Å². The maximum Gasteiger partial charge on any atom is 0.316 e. The second-order valence-corrected chi connectivity index (χ2v) is 7.72. The lowest BCUT2D eigenvalue weighted by Crippen LogP contribution is -2.25. The van der Waals surface area contributed by atoms with Gasteiger partial charge in [0.2, 0.25) is 0 Å². The van der Waals surface area contributed by atoms with E-state index in [1.54, 1.807) is 36.4 Å². The molecule has 0 aliphatic carbocycles. The molecule has 2 aromatic heterocycles. The van der Waals surface area contributed by atoms with Crippen LogP contribution in [0.25, 0.3) is 16.6 Å². The standard InChI is InChI=1S/C22H19ClFN5O2/c1-30-22-25-9-14(10-26-22)12-28-4-5-31-21-16(13-28)7-18(8-19(21)23)29-20-3-2-17(24)6-15(20)11-27-29/h2-3,6-11H,4-5,12-13H2,1H3. The Hall–Kier alpha value is -3.23. The maximum absolute atomic E-state index is 13.6. The van der Waals surface area contributed by atoms with Gasteiger partial charge in [-0.3, -0.25) is 4.90 Å². The fraction of sp³-hybridized carbons (Fsp3) is 0.227. The van der Waals surface area contributed by atoms with Crippen LogP contribution >= 0.6 is 11.6 Å². The predicted molar refractivity (Wildman–Crippen MR) is 114 cm³/mol. The highest BCUT2D eigenvalue weighted by molar-refractivity contribution is 6.32. The fourth-order valence-electron chi connectivity index (χ4n) is 3.77. The molecule has 0 unspecified atom stereocenters. The summed E-state index contributed by atoms with van der Waals surface area (Å²) in [6.45, 7) is 2.56. The van der Waals surface area contributed by atoms with Crippen molar-refractivity contribution in [1.82, 2.24) is 24.6 Å². The van der Waals surface area contributed by atoms with Crippen LogP contribution in [0.5, 0.6) is 11.8 Å². The van der Waals surface area contributed by atoms with Gasteiger partial charge in [0.25, 0.3) is 0 Å². The van der Waals surface area contributed by atoms with Crippen LogP contribution in [-0.2, 0) is 13.1 Å². The summed E-state index contributed by atoms with van der Waals surface area (Å²) in [5.74, 6) is 0.389. The molecule has 1 aliphatic heterocycles. The minimum absolute atomic E-state index is 0.293. The minimum Gasteiger partial charge on any atom is -0.490 e. The Morgan fingerprint density at radius 1 is 1.16 bits per heavy atom. The van der Waals surface area contributed by atoms with Crippen LogP contribution in [0.3, 0.4) is 0 Å². The Bertz CT molecular complexity index is 1240. The van der Waals surface area contributed by atoms with Crippen molar-refractivity contribution in [2.45, 2.75) is 13.1 Å². The summed E-state index contributed by atoms with van der Waals surface area (Å²) < 4.78 is 26.3. The molecule has 7 nitrogen and oxygen atoms in total. The van der Waals surface area contributed by atoms with E-state index in [1.807, 2.05) is 12.1 Å². The highest BCUT2D eigenvalue weighted by atomic mass is 35.5. The molecule has 0 bridgehead atoms. The van der Waals surface area contributed by atoms with Gasteiger partial charge in [-0.15, -0.1) is 0 Å². The third-order valence-corrected chi connectivity index (χ3v) is 5.48. The van der Waals surface area contributed by atoms with Crippen molar-refractivity contribution >= 4 is 22.5 Å². The van der Waals surface area contributed by atoms with E-state index < -0.39 is 0 Å². The number of hydrogen-bond donors (Lipinski definition) is 0. The first kappa shape index (κ1) is 19.7. The van der Waals surface area contributed by atoms with Crippen molar-refractivity contribution < 1.29 is 13.9 Å². The predicted octanol–water partition coefficient (Wildman–Crippen LogP) is 4.01. The molecule has 0 fully saturated rings. The van der Waals surface area contributed by atoms with Gasteiger partial charge >= 0.3 is 6.01 Å².